The van der Waals surface area contributed by atoms with E-state index in [0.29, 0.717) is 30.0 Å². The molecule has 8 heteroatoms. The highest BCUT2D eigenvalue weighted by molar-refractivity contribution is 7.10. The molecule has 3 aromatic rings. The topological polar surface area (TPSA) is 102 Å². The van der Waals surface area contributed by atoms with Gasteiger partial charge in [0.15, 0.2) is 5.65 Å². The number of primary amides is 1. The first-order valence-corrected chi connectivity index (χ1v) is 10.1. The van der Waals surface area contributed by atoms with Crippen molar-refractivity contribution >= 4 is 28.8 Å². The molecule has 0 radical (unpaired) electrons. The number of hydrogen-bond acceptors (Lipinski definition) is 5. The van der Waals surface area contributed by atoms with Gasteiger partial charge in [-0.3, -0.25) is 9.59 Å². The third kappa shape index (κ3) is 3.91. The van der Waals surface area contributed by atoms with Crippen LogP contribution in [-0.4, -0.2) is 26.4 Å². The van der Waals surface area contributed by atoms with E-state index >= 15 is 0 Å². The van der Waals surface area contributed by atoms with Gasteiger partial charge in [0, 0.05) is 22.7 Å². The molecule has 0 spiro atoms. The molecule has 2 amide bonds. The summed E-state index contributed by atoms with van der Waals surface area (Å²) >= 11 is 1.65. The third-order valence-corrected chi connectivity index (χ3v) is 5.86. The molecule has 0 unspecified atom stereocenters. The van der Waals surface area contributed by atoms with Crippen LogP contribution in [0, 0.1) is 19.8 Å². The van der Waals surface area contributed by atoms with Gasteiger partial charge in [0.05, 0.1) is 12.2 Å². The van der Waals surface area contributed by atoms with Gasteiger partial charge in [-0.1, -0.05) is 19.9 Å². The average Bonchev–Trinajstić information content (AvgIpc) is 3.28. The summed E-state index contributed by atoms with van der Waals surface area (Å²) in [6.45, 7) is 7.99. The summed E-state index contributed by atoms with van der Waals surface area (Å²) in [6, 6.07) is 4.06. The zero-order chi connectivity index (χ0) is 20.4. The number of carbonyl (C=O) groups excluding carboxylic acids is 2. The number of aryl methyl sites for hydroxylation is 2. The molecule has 3 aromatic heterocycles. The van der Waals surface area contributed by atoms with Crippen LogP contribution in [0.15, 0.2) is 23.7 Å². The standard InChI is InChI=1S/C20H25N5O2S/c1-11(2)18(16-6-5-9-28-16)24-17(26)8-7-14-12(3)23-20-15(19(21)27)10-22-25(20)13(14)4/h5-6,9-11,18H,7-8H2,1-4H3,(H2,21,27)(H,24,26)/t18-/m0/s1. The lowest BCUT2D eigenvalue weighted by atomic mass is 10.0. The Balaban J connectivity index is 1.76. The van der Waals surface area contributed by atoms with E-state index in [1.54, 1.807) is 15.9 Å². The molecule has 0 saturated carbocycles. The number of amides is 2. The number of fused-ring (bicyclic) bond motifs is 1. The lowest BCUT2D eigenvalue weighted by Crippen LogP contribution is -2.31. The van der Waals surface area contributed by atoms with Crippen LogP contribution in [0.25, 0.3) is 5.65 Å². The molecule has 0 aliphatic heterocycles. The fourth-order valence-electron chi connectivity index (χ4n) is 3.37. The fraction of sp³-hybridized carbons (Fsp3) is 0.400. The molecular formula is C20H25N5O2S. The molecule has 3 rings (SSSR count). The Kier molecular flexibility index (Phi) is 5.79. The molecule has 0 saturated heterocycles. The molecule has 3 heterocycles. The Labute approximate surface area is 168 Å². The van der Waals surface area contributed by atoms with Crippen molar-refractivity contribution in [3.8, 4) is 0 Å². The van der Waals surface area contributed by atoms with Crippen LogP contribution in [0.1, 0.15) is 58.5 Å². The Bertz CT molecular complexity index is 1010. The Morgan fingerprint density at radius 1 is 1.32 bits per heavy atom. The number of thiophene rings is 1. The van der Waals surface area contributed by atoms with E-state index in [4.69, 9.17) is 5.73 Å². The Morgan fingerprint density at radius 3 is 2.68 bits per heavy atom. The Hall–Kier alpha value is -2.74. The van der Waals surface area contributed by atoms with Crippen LogP contribution in [0.4, 0.5) is 0 Å². The quantitative estimate of drug-likeness (QED) is 0.637. The predicted molar refractivity (Wildman–Crippen MR) is 109 cm³/mol. The Morgan fingerprint density at radius 2 is 2.07 bits per heavy atom. The van der Waals surface area contributed by atoms with Crippen molar-refractivity contribution in [2.24, 2.45) is 11.7 Å². The number of nitrogens with one attached hydrogen (secondary N) is 1. The van der Waals surface area contributed by atoms with Gasteiger partial charge in [-0.25, -0.2) is 9.50 Å². The fourth-order valence-corrected chi connectivity index (χ4v) is 4.31. The molecular weight excluding hydrogens is 374 g/mol. The van der Waals surface area contributed by atoms with Gasteiger partial charge in [0.1, 0.15) is 5.56 Å². The highest BCUT2D eigenvalue weighted by Crippen LogP contribution is 2.26. The lowest BCUT2D eigenvalue weighted by Gasteiger charge is -2.21. The van der Waals surface area contributed by atoms with Crippen LogP contribution in [0.5, 0.6) is 0 Å². The number of rotatable bonds is 7. The SMILES string of the molecule is Cc1nc2c(C(N)=O)cnn2c(C)c1CCC(=O)N[C@H](c1cccs1)C(C)C. The number of carbonyl (C=O) groups is 2. The van der Waals surface area contributed by atoms with E-state index in [1.165, 1.54) is 6.20 Å². The minimum absolute atomic E-state index is 0.00397. The number of aromatic nitrogens is 3. The summed E-state index contributed by atoms with van der Waals surface area (Å²) in [5, 5.41) is 9.40. The second-order valence-corrected chi connectivity index (χ2v) is 8.20. The summed E-state index contributed by atoms with van der Waals surface area (Å²) in [6.07, 6.45) is 2.34. The van der Waals surface area contributed by atoms with Crippen molar-refractivity contribution in [2.75, 3.05) is 0 Å². The van der Waals surface area contributed by atoms with E-state index in [2.05, 4.69) is 35.3 Å². The maximum Gasteiger partial charge on any atom is 0.254 e. The summed E-state index contributed by atoms with van der Waals surface area (Å²) < 4.78 is 1.61. The van der Waals surface area contributed by atoms with E-state index in [1.807, 2.05) is 25.3 Å². The van der Waals surface area contributed by atoms with Crippen LogP contribution >= 0.6 is 11.3 Å². The van der Waals surface area contributed by atoms with E-state index in [-0.39, 0.29) is 11.9 Å². The molecule has 0 fully saturated rings. The summed E-state index contributed by atoms with van der Waals surface area (Å²) in [7, 11) is 0. The van der Waals surface area contributed by atoms with Gasteiger partial charge in [-0.2, -0.15) is 5.10 Å². The van der Waals surface area contributed by atoms with Crippen LogP contribution in [0.3, 0.4) is 0 Å². The lowest BCUT2D eigenvalue weighted by molar-refractivity contribution is -0.122. The minimum atomic E-state index is -0.554. The number of nitrogens with two attached hydrogens (primary N) is 1. The van der Waals surface area contributed by atoms with Crippen LogP contribution in [0.2, 0.25) is 0 Å². The highest BCUT2D eigenvalue weighted by atomic mass is 32.1. The van der Waals surface area contributed by atoms with Gasteiger partial charge in [0.2, 0.25) is 5.91 Å². The van der Waals surface area contributed by atoms with Crippen LogP contribution < -0.4 is 11.1 Å². The predicted octanol–water partition coefficient (Wildman–Crippen LogP) is 2.95. The van der Waals surface area contributed by atoms with E-state index in [0.717, 1.165) is 21.8 Å². The normalized spacial score (nSPS) is 12.5. The molecule has 3 N–H and O–H groups in total. The van der Waals surface area contributed by atoms with Crippen molar-refractivity contribution in [2.45, 2.75) is 46.6 Å². The first-order chi connectivity index (χ1) is 13.3. The smallest absolute Gasteiger partial charge is 0.254 e. The highest BCUT2D eigenvalue weighted by Gasteiger charge is 2.20. The van der Waals surface area contributed by atoms with Crippen molar-refractivity contribution in [1.29, 1.82) is 0 Å². The van der Waals surface area contributed by atoms with Crippen LogP contribution in [-0.2, 0) is 11.2 Å². The van der Waals surface area contributed by atoms with Crippen molar-refractivity contribution in [3.63, 3.8) is 0 Å². The van der Waals surface area contributed by atoms with Crippen molar-refractivity contribution in [1.82, 2.24) is 19.9 Å². The average molecular weight is 400 g/mol. The number of hydrogen-bond donors (Lipinski definition) is 2. The first kappa shape index (κ1) is 20.0. The van der Waals surface area contributed by atoms with Crippen molar-refractivity contribution < 1.29 is 9.59 Å². The van der Waals surface area contributed by atoms with Gasteiger partial charge < -0.3 is 11.1 Å². The van der Waals surface area contributed by atoms with E-state index < -0.39 is 5.91 Å². The molecule has 0 bridgehead atoms. The second-order valence-electron chi connectivity index (χ2n) is 7.22. The third-order valence-electron chi connectivity index (χ3n) is 4.91. The molecule has 0 aliphatic rings. The minimum Gasteiger partial charge on any atom is -0.365 e. The molecule has 0 aliphatic carbocycles. The van der Waals surface area contributed by atoms with Gasteiger partial charge in [-0.05, 0) is 43.2 Å². The van der Waals surface area contributed by atoms with Gasteiger partial charge >= 0.3 is 0 Å². The maximum atomic E-state index is 12.6. The van der Waals surface area contributed by atoms with Crippen molar-refractivity contribution in [3.05, 3.63) is 51.1 Å². The molecule has 1 atom stereocenters. The summed E-state index contributed by atoms with van der Waals surface area (Å²) in [4.78, 5) is 29.8. The molecule has 7 nitrogen and oxygen atoms in total. The zero-order valence-corrected chi connectivity index (χ0v) is 17.3. The van der Waals surface area contributed by atoms with E-state index in [9.17, 15) is 9.59 Å². The maximum absolute atomic E-state index is 12.6. The second kappa shape index (κ2) is 8.10. The zero-order valence-electron chi connectivity index (χ0n) is 16.5. The number of nitrogens with zero attached hydrogens (tertiary/aromatic N) is 3. The largest absolute Gasteiger partial charge is 0.365 e. The van der Waals surface area contributed by atoms with Gasteiger partial charge in [-0.15, -0.1) is 11.3 Å². The first-order valence-electron chi connectivity index (χ1n) is 9.26. The van der Waals surface area contributed by atoms with Gasteiger partial charge in [0.25, 0.3) is 5.91 Å². The molecule has 0 aromatic carbocycles. The summed E-state index contributed by atoms with van der Waals surface area (Å²) in [5.41, 5.74) is 8.73. The molecule has 148 valence electrons. The summed E-state index contributed by atoms with van der Waals surface area (Å²) in [5.74, 6) is -0.244. The monoisotopic (exact) mass is 399 g/mol. The molecule has 28 heavy (non-hydrogen) atoms.